The molecule has 0 atom stereocenters. The number of unbranched alkanes of at least 4 members (excludes halogenated alkanes) is 1. The molecule has 0 amide bonds. The molecule has 0 aliphatic rings. The van der Waals surface area contributed by atoms with Crippen LogP contribution in [0.1, 0.15) is 25.7 Å². The highest BCUT2D eigenvalue weighted by Crippen LogP contribution is 2.23. The maximum absolute atomic E-state index is 14.5. The molecule has 2 aromatic carbocycles. The number of aromatic amines is 1. The summed E-state index contributed by atoms with van der Waals surface area (Å²) in [5.74, 6) is -0.00220. The van der Waals surface area contributed by atoms with E-state index in [0.29, 0.717) is 23.6 Å². The molecule has 0 saturated heterocycles. The van der Waals surface area contributed by atoms with E-state index in [1.54, 1.807) is 6.07 Å². The second-order valence-electron chi connectivity index (χ2n) is 7.90. The van der Waals surface area contributed by atoms with E-state index in [9.17, 15) is 9.18 Å². The lowest BCUT2D eigenvalue weighted by Crippen LogP contribution is -2.22. The van der Waals surface area contributed by atoms with Crippen molar-refractivity contribution in [1.82, 2.24) is 20.6 Å². The summed E-state index contributed by atoms with van der Waals surface area (Å²) in [6.45, 7) is 5.18. The van der Waals surface area contributed by atoms with Gasteiger partial charge in [0, 0.05) is 16.6 Å². The highest BCUT2D eigenvalue weighted by molar-refractivity contribution is 9.10. The molecule has 3 aromatic rings. The Hall–Kier alpha value is -2.33. The van der Waals surface area contributed by atoms with Crippen LogP contribution in [0.4, 0.5) is 10.1 Å². The average Bonchev–Trinajstić information content (AvgIpc) is 2.81. The lowest BCUT2D eigenvalue weighted by atomic mass is 10.1. The lowest BCUT2D eigenvalue weighted by Gasteiger charge is -2.10. The van der Waals surface area contributed by atoms with Crippen molar-refractivity contribution in [2.24, 2.45) is 5.73 Å². The highest BCUT2D eigenvalue weighted by Gasteiger charge is 2.11. The van der Waals surface area contributed by atoms with Crippen molar-refractivity contribution in [1.29, 1.82) is 0 Å². The van der Waals surface area contributed by atoms with Gasteiger partial charge in [-0.15, -0.1) is 0 Å². The molecule has 0 aliphatic carbocycles. The lowest BCUT2D eigenvalue weighted by molar-refractivity contribution is 0.571. The minimum atomic E-state index is -0.457. The third-order valence-corrected chi connectivity index (χ3v) is 5.80. The Morgan fingerprint density at radius 3 is 2.30 bits per heavy atom. The molecule has 9 heteroatoms. The molecule has 0 unspecified atom stereocenters. The molecular formula is C24H32BrFN6O. The number of hydrogen-bond acceptors (Lipinski definition) is 6. The first-order valence-corrected chi connectivity index (χ1v) is 12.2. The summed E-state index contributed by atoms with van der Waals surface area (Å²) < 4.78 is 15.5. The number of nitrogens with zero attached hydrogens (tertiary/aromatic N) is 1. The summed E-state index contributed by atoms with van der Waals surface area (Å²) >= 11 is 3.40. The Morgan fingerprint density at radius 2 is 1.61 bits per heavy atom. The van der Waals surface area contributed by atoms with E-state index in [1.165, 1.54) is 6.07 Å². The van der Waals surface area contributed by atoms with Gasteiger partial charge < -0.3 is 26.7 Å². The summed E-state index contributed by atoms with van der Waals surface area (Å²) in [4.78, 5) is 19.8. The molecule has 1 aromatic heterocycles. The van der Waals surface area contributed by atoms with E-state index in [0.717, 1.165) is 68.4 Å². The van der Waals surface area contributed by atoms with Gasteiger partial charge in [-0.05, 0) is 82.7 Å². The summed E-state index contributed by atoms with van der Waals surface area (Å²) in [6.07, 6.45) is 4.12. The maximum atomic E-state index is 14.5. The largest absolute Gasteiger partial charge is 0.383 e. The number of H-pyrrole nitrogens is 1. The van der Waals surface area contributed by atoms with Crippen LogP contribution in [0.5, 0.6) is 0 Å². The number of anilines is 1. The monoisotopic (exact) mass is 518 g/mol. The van der Waals surface area contributed by atoms with Crippen LogP contribution < -0.4 is 27.2 Å². The third-order valence-electron chi connectivity index (χ3n) is 5.27. The highest BCUT2D eigenvalue weighted by atomic mass is 79.9. The van der Waals surface area contributed by atoms with Crippen molar-refractivity contribution in [2.45, 2.75) is 25.7 Å². The Morgan fingerprint density at radius 1 is 0.939 bits per heavy atom. The van der Waals surface area contributed by atoms with E-state index in [1.807, 2.05) is 24.3 Å². The van der Waals surface area contributed by atoms with Gasteiger partial charge in [0.05, 0.1) is 16.6 Å². The van der Waals surface area contributed by atoms with E-state index in [4.69, 9.17) is 5.73 Å². The molecule has 0 aliphatic heterocycles. The fourth-order valence-corrected chi connectivity index (χ4v) is 3.72. The zero-order valence-corrected chi connectivity index (χ0v) is 20.3. The van der Waals surface area contributed by atoms with Crippen LogP contribution in [-0.4, -0.2) is 49.2 Å². The van der Waals surface area contributed by atoms with E-state index < -0.39 is 5.82 Å². The van der Waals surface area contributed by atoms with Gasteiger partial charge in [-0.1, -0.05) is 28.1 Å². The molecule has 0 bridgehead atoms. The molecule has 0 saturated carbocycles. The van der Waals surface area contributed by atoms with Crippen molar-refractivity contribution < 1.29 is 4.39 Å². The van der Waals surface area contributed by atoms with E-state index in [-0.39, 0.29) is 10.9 Å². The van der Waals surface area contributed by atoms with Crippen molar-refractivity contribution in [3.8, 4) is 11.4 Å². The molecule has 0 fully saturated rings. The maximum Gasteiger partial charge on any atom is 0.259 e. The number of aromatic nitrogens is 2. The number of halogens is 2. The number of hydrogen-bond donors (Lipinski definition) is 5. The van der Waals surface area contributed by atoms with Crippen LogP contribution in [0.2, 0.25) is 0 Å². The van der Waals surface area contributed by atoms with Crippen molar-refractivity contribution in [3.05, 3.63) is 57.0 Å². The Bertz CT molecular complexity index is 1070. The first-order chi connectivity index (χ1) is 16.1. The molecule has 7 nitrogen and oxygen atoms in total. The summed E-state index contributed by atoms with van der Waals surface area (Å²) in [6, 6.07) is 10.3. The normalized spacial score (nSPS) is 11.2. The predicted octanol–water partition coefficient (Wildman–Crippen LogP) is 3.60. The molecule has 3 rings (SSSR count). The predicted molar refractivity (Wildman–Crippen MR) is 137 cm³/mol. The van der Waals surface area contributed by atoms with Gasteiger partial charge >= 0.3 is 0 Å². The fraction of sp³-hybridized carbons (Fsp3) is 0.417. The number of nitrogens with two attached hydrogens (primary N) is 1. The van der Waals surface area contributed by atoms with Crippen molar-refractivity contribution in [3.63, 3.8) is 0 Å². The van der Waals surface area contributed by atoms with Gasteiger partial charge in [0.1, 0.15) is 11.6 Å². The smallest absolute Gasteiger partial charge is 0.259 e. The number of nitrogens with one attached hydrogen (secondary N) is 4. The van der Waals surface area contributed by atoms with Crippen LogP contribution in [-0.2, 0) is 0 Å². The van der Waals surface area contributed by atoms with Crippen LogP contribution >= 0.6 is 15.9 Å². The first-order valence-electron chi connectivity index (χ1n) is 11.4. The topological polar surface area (TPSA) is 108 Å². The fourth-order valence-electron chi connectivity index (χ4n) is 3.45. The summed E-state index contributed by atoms with van der Waals surface area (Å²) in [5.41, 5.74) is 6.70. The zero-order chi connectivity index (χ0) is 23.5. The quantitative estimate of drug-likeness (QED) is 0.209. The molecule has 0 radical (unpaired) electrons. The zero-order valence-electron chi connectivity index (χ0n) is 18.7. The van der Waals surface area contributed by atoms with Gasteiger partial charge in [0.15, 0.2) is 0 Å². The molecule has 33 heavy (non-hydrogen) atoms. The van der Waals surface area contributed by atoms with Gasteiger partial charge in [0.25, 0.3) is 5.56 Å². The van der Waals surface area contributed by atoms with Crippen LogP contribution in [0.15, 0.2) is 45.7 Å². The third kappa shape index (κ3) is 7.89. The summed E-state index contributed by atoms with van der Waals surface area (Å²) in [7, 11) is 0. The van der Waals surface area contributed by atoms with Gasteiger partial charge in [-0.2, -0.15) is 0 Å². The van der Waals surface area contributed by atoms with Gasteiger partial charge in [-0.25, -0.2) is 9.37 Å². The number of rotatable bonds is 14. The SMILES string of the molecule is NCCCNCCCCNCCCNc1cc2nc(-c3ccc(Br)cc3)[nH]c(=O)c2cc1F. The number of fused-ring (bicyclic) bond motifs is 1. The Labute approximate surface area is 201 Å². The minimum Gasteiger partial charge on any atom is -0.383 e. The van der Waals surface area contributed by atoms with Gasteiger partial charge in [0.2, 0.25) is 0 Å². The second-order valence-corrected chi connectivity index (χ2v) is 8.82. The Kier molecular flexibility index (Phi) is 10.3. The first kappa shape index (κ1) is 25.3. The molecule has 178 valence electrons. The minimum absolute atomic E-state index is 0.234. The standard InChI is InChI=1S/C24H32BrFN6O/c25-18-7-5-17(6-8-18)23-31-21-16-22(20(26)15-19(21)24(33)32-23)30-14-4-13-29-11-2-1-10-28-12-3-9-27/h5-8,15-16,28-30H,1-4,9-14,27H2,(H,31,32,33). The number of benzene rings is 2. The van der Waals surface area contributed by atoms with E-state index in [2.05, 4.69) is 41.8 Å². The van der Waals surface area contributed by atoms with Crippen molar-refractivity contribution >= 4 is 32.5 Å². The summed E-state index contributed by atoms with van der Waals surface area (Å²) in [5, 5.41) is 10.1. The van der Waals surface area contributed by atoms with Crippen LogP contribution in [0, 0.1) is 5.82 Å². The van der Waals surface area contributed by atoms with Gasteiger partial charge in [-0.3, -0.25) is 4.79 Å². The van der Waals surface area contributed by atoms with Crippen LogP contribution in [0.25, 0.3) is 22.3 Å². The second kappa shape index (κ2) is 13.4. The molecule has 1 heterocycles. The van der Waals surface area contributed by atoms with Crippen LogP contribution in [0.3, 0.4) is 0 Å². The van der Waals surface area contributed by atoms with E-state index >= 15 is 0 Å². The average molecular weight is 519 g/mol. The molecule has 6 N–H and O–H groups in total. The van der Waals surface area contributed by atoms with Crippen molar-refractivity contribution in [2.75, 3.05) is 44.6 Å². The Balaban J connectivity index is 1.48. The molecule has 0 spiro atoms. The molecular weight excluding hydrogens is 487 g/mol.